The van der Waals surface area contributed by atoms with Crippen LogP contribution in [0.4, 0.5) is 0 Å². The van der Waals surface area contributed by atoms with Gasteiger partial charge in [0.15, 0.2) is 0 Å². The van der Waals surface area contributed by atoms with Crippen LogP contribution in [-0.2, 0) is 6.42 Å². The summed E-state index contributed by atoms with van der Waals surface area (Å²) in [5.74, 6) is 0. The summed E-state index contributed by atoms with van der Waals surface area (Å²) in [5.41, 5.74) is 0.972. The van der Waals surface area contributed by atoms with E-state index in [2.05, 4.69) is 10.1 Å². The molecule has 19 heavy (non-hydrogen) atoms. The molecule has 0 fully saturated rings. The van der Waals surface area contributed by atoms with Crippen molar-refractivity contribution in [3.63, 3.8) is 0 Å². The van der Waals surface area contributed by atoms with Crippen molar-refractivity contribution >= 4 is 23.2 Å². The van der Waals surface area contributed by atoms with E-state index in [0.29, 0.717) is 16.5 Å². The lowest BCUT2D eigenvalue weighted by molar-refractivity contribution is 0.117. The van der Waals surface area contributed by atoms with E-state index in [1.165, 1.54) is 6.33 Å². The quantitative estimate of drug-likeness (QED) is 0.923. The largest absolute Gasteiger partial charge is 0.391 e. The number of aliphatic hydroxyl groups excluding tert-OH is 1. The predicted octanol–water partition coefficient (Wildman–Crippen LogP) is 3.14. The molecule has 2 rings (SSSR count). The third kappa shape index (κ3) is 3.47. The van der Waals surface area contributed by atoms with Crippen LogP contribution in [0.25, 0.3) is 0 Å². The van der Waals surface area contributed by atoms with E-state index in [0.717, 1.165) is 12.0 Å². The van der Waals surface area contributed by atoms with Gasteiger partial charge in [-0.05, 0) is 31.4 Å². The maximum atomic E-state index is 9.84. The van der Waals surface area contributed by atoms with E-state index in [9.17, 15) is 5.11 Å². The van der Waals surface area contributed by atoms with Crippen LogP contribution in [0.15, 0.2) is 30.9 Å². The van der Waals surface area contributed by atoms with Crippen molar-refractivity contribution in [3.8, 4) is 0 Å². The van der Waals surface area contributed by atoms with Gasteiger partial charge in [0.2, 0.25) is 0 Å². The highest BCUT2D eigenvalue weighted by molar-refractivity contribution is 6.42. The monoisotopic (exact) mass is 299 g/mol. The number of rotatable bonds is 5. The second-order valence-corrected chi connectivity index (χ2v) is 5.22. The summed E-state index contributed by atoms with van der Waals surface area (Å²) in [5, 5.41) is 15.0. The molecule has 1 aromatic heterocycles. The smallest absolute Gasteiger partial charge is 0.137 e. The lowest BCUT2D eigenvalue weighted by atomic mass is 10.0. The van der Waals surface area contributed by atoms with Crippen molar-refractivity contribution in [1.29, 1.82) is 0 Å². The molecule has 0 aliphatic rings. The van der Waals surface area contributed by atoms with Gasteiger partial charge in [-0.2, -0.15) is 5.10 Å². The third-order valence-corrected chi connectivity index (χ3v) is 3.93. The fourth-order valence-electron chi connectivity index (χ4n) is 2.03. The lowest BCUT2D eigenvalue weighted by Crippen LogP contribution is -2.22. The molecule has 2 atom stereocenters. The zero-order valence-electron chi connectivity index (χ0n) is 10.5. The molecule has 0 unspecified atom stereocenters. The van der Waals surface area contributed by atoms with Crippen LogP contribution >= 0.6 is 23.2 Å². The maximum absolute atomic E-state index is 9.84. The molecule has 0 aliphatic heterocycles. The maximum Gasteiger partial charge on any atom is 0.137 e. The van der Waals surface area contributed by atoms with Crippen molar-refractivity contribution < 1.29 is 5.11 Å². The SMILES string of the molecule is C[C@H](O)[C@@H](CCc1cccc(Cl)c1Cl)n1cncn1. The Morgan fingerprint density at radius 2 is 2.16 bits per heavy atom. The first-order chi connectivity index (χ1) is 9.09. The molecule has 0 radical (unpaired) electrons. The molecular formula is C13H15Cl2N3O. The van der Waals surface area contributed by atoms with Gasteiger partial charge < -0.3 is 5.11 Å². The molecule has 1 aromatic carbocycles. The van der Waals surface area contributed by atoms with Gasteiger partial charge in [0.25, 0.3) is 0 Å². The summed E-state index contributed by atoms with van der Waals surface area (Å²) in [6, 6.07) is 5.44. The summed E-state index contributed by atoms with van der Waals surface area (Å²) in [6.07, 6.45) is 3.98. The van der Waals surface area contributed by atoms with Gasteiger partial charge in [-0.3, -0.25) is 0 Å². The van der Waals surface area contributed by atoms with Crippen LogP contribution < -0.4 is 0 Å². The first-order valence-corrected chi connectivity index (χ1v) is 6.80. The molecule has 0 saturated carbocycles. The molecule has 0 amide bonds. The van der Waals surface area contributed by atoms with Crippen LogP contribution in [0.2, 0.25) is 10.0 Å². The normalized spacial score (nSPS) is 14.3. The van der Waals surface area contributed by atoms with E-state index in [1.807, 2.05) is 12.1 Å². The second-order valence-electron chi connectivity index (χ2n) is 4.44. The molecule has 1 heterocycles. The summed E-state index contributed by atoms with van der Waals surface area (Å²) >= 11 is 12.1. The number of hydrogen-bond acceptors (Lipinski definition) is 3. The Morgan fingerprint density at radius 3 is 2.79 bits per heavy atom. The Morgan fingerprint density at radius 1 is 1.37 bits per heavy atom. The van der Waals surface area contributed by atoms with Gasteiger partial charge in [-0.25, -0.2) is 9.67 Å². The zero-order chi connectivity index (χ0) is 13.8. The molecule has 2 aromatic rings. The Bertz CT molecular complexity index is 529. The first kappa shape index (κ1) is 14.3. The average Bonchev–Trinajstić information content (AvgIpc) is 2.88. The zero-order valence-corrected chi connectivity index (χ0v) is 12.0. The third-order valence-electron chi connectivity index (χ3n) is 3.07. The number of halogens is 2. The summed E-state index contributed by atoms with van der Waals surface area (Å²) < 4.78 is 1.67. The highest BCUT2D eigenvalue weighted by atomic mass is 35.5. The van der Waals surface area contributed by atoms with Crippen molar-refractivity contribution in [2.45, 2.75) is 31.9 Å². The number of aromatic nitrogens is 3. The van der Waals surface area contributed by atoms with Crippen LogP contribution in [0.5, 0.6) is 0 Å². The van der Waals surface area contributed by atoms with Crippen LogP contribution in [0.3, 0.4) is 0 Å². The molecule has 0 spiro atoms. The highest BCUT2D eigenvalue weighted by Gasteiger charge is 2.18. The number of aryl methyl sites for hydroxylation is 1. The Balaban J connectivity index is 2.09. The minimum atomic E-state index is -0.514. The lowest BCUT2D eigenvalue weighted by Gasteiger charge is -2.20. The minimum absolute atomic E-state index is 0.127. The highest BCUT2D eigenvalue weighted by Crippen LogP contribution is 2.28. The summed E-state index contributed by atoms with van der Waals surface area (Å²) in [7, 11) is 0. The van der Waals surface area contributed by atoms with Crippen molar-refractivity contribution in [3.05, 3.63) is 46.5 Å². The molecular weight excluding hydrogens is 285 g/mol. The number of benzene rings is 1. The van der Waals surface area contributed by atoms with Gasteiger partial charge in [-0.1, -0.05) is 35.3 Å². The van der Waals surface area contributed by atoms with Gasteiger partial charge in [0.1, 0.15) is 12.7 Å². The van der Waals surface area contributed by atoms with E-state index in [-0.39, 0.29) is 6.04 Å². The van der Waals surface area contributed by atoms with Gasteiger partial charge in [-0.15, -0.1) is 0 Å². The fourth-order valence-corrected chi connectivity index (χ4v) is 2.44. The van der Waals surface area contributed by atoms with Crippen molar-refractivity contribution in [2.24, 2.45) is 0 Å². The standard InChI is InChI=1S/C13H15Cl2N3O/c1-9(19)12(18-8-16-7-17-18)6-5-10-3-2-4-11(14)13(10)15/h2-4,7-9,12,19H,5-6H2,1H3/t9-,12+/m0/s1. The van der Waals surface area contributed by atoms with Crippen molar-refractivity contribution in [1.82, 2.24) is 14.8 Å². The molecule has 4 nitrogen and oxygen atoms in total. The van der Waals surface area contributed by atoms with Crippen LogP contribution in [0.1, 0.15) is 24.9 Å². The van der Waals surface area contributed by atoms with Gasteiger partial charge in [0.05, 0.1) is 22.2 Å². The topological polar surface area (TPSA) is 50.9 Å². The van der Waals surface area contributed by atoms with Gasteiger partial charge in [0, 0.05) is 0 Å². The van der Waals surface area contributed by atoms with Gasteiger partial charge >= 0.3 is 0 Å². The second kappa shape index (κ2) is 6.37. The Kier molecular flexibility index (Phi) is 4.80. The Labute approximate surface area is 122 Å². The molecule has 0 bridgehead atoms. The first-order valence-electron chi connectivity index (χ1n) is 6.04. The molecule has 6 heteroatoms. The molecule has 102 valence electrons. The van der Waals surface area contributed by atoms with Crippen molar-refractivity contribution in [2.75, 3.05) is 0 Å². The molecule has 0 saturated heterocycles. The number of hydrogen-bond donors (Lipinski definition) is 1. The van der Waals surface area contributed by atoms with E-state index < -0.39 is 6.10 Å². The van der Waals surface area contributed by atoms with E-state index in [4.69, 9.17) is 23.2 Å². The summed E-state index contributed by atoms with van der Waals surface area (Å²) in [6.45, 7) is 1.74. The average molecular weight is 300 g/mol. The fraction of sp³-hybridized carbons (Fsp3) is 0.385. The number of nitrogens with zero attached hydrogens (tertiary/aromatic N) is 3. The minimum Gasteiger partial charge on any atom is -0.391 e. The molecule has 0 aliphatic carbocycles. The van der Waals surface area contributed by atoms with E-state index >= 15 is 0 Å². The summed E-state index contributed by atoms with van der Waals surface area (Å²) in [4.78, 5) is 3.91. The molecule has 1 N–H and O–H groups in total. The Hall–Kier alpha value is -1.10. The predicted molar refractivity (Wildman–Crippen MR) is 75.5 cm³/mol. The van der Waals surface area contributed by atoms with Crippen LogP contribution in [0, 0.1) is 0 Å². The number of aliphatic hydroxyl groups is 1. The van der Waals surface area contributed by atoms with E-state index in [1.54, 1.807) is 24.0 Å². The van der Waals surface area contributed by atoms with Crippen LogP contribution in [-0.4, -0.2) is 26.0 Å².